The molecular weight excluding hydrogens is 564 g/mol. The van der Waals surface area contributed by atoms with Gasteiger partial charge >= 0.3 is 11.9 Å². The van der Waals surface area contributed by atoms with Gasteiger partial charge < -0.3 is 29.9 Å². The van der Waals surface area contributed by atoms with Crippen LogP contribution < -0.4 is 0 Å². The van der Waals surface area contributed by atoms with E-state index in [0.29, 0.717) is 39.3 Å². The van der Waals surface area contributed by atoms with Gasteiger partial charge in [-0.3, -0.25) is 19.4 Å². The predicted molar refractivity (Wildman–Crippen MR) is 175 cm³/mol. The van der Waals surface area contributed by atoms with Crippen molar-refractivity contribution in [2.75, 3.05) is 78.9 Å². The number of carbonyl (C=O) groups is 2. The smallest absolute Gasteiger partial charge is 0.313 e. The molecule has 10 heteroatoms. The lowest BCUT2D eigenvalue weighted by molar-refractivity contribution is -0.154. The first-order chi connectivity index (χ1) is 21.5. The summed E-state index contributed by atoms with van der Waals surface area (Å²) in [4.78, 5) is 29.0. The Morgan fingerprint density at radius 2 is 1.00 bits per heavy atom. The van der Waals surface area contributed by atoms with Gasteiger partial charge in [0, 0.05) is 39.3 Å². The van der Waals surface area contributed by atoms with Gasteiger partial charge in [0.2, 0.25) is 0 Å². The molecule has 0 radical (unpaired) electrons. The van der Waals surface area contributed by atoms with Crippen molar-refractivity contribution < 1.29 is 39.5 Å². The zero-order valence-electron chi connectivity index (χ0n) is 27.8. The van der Waals surface area contributed by atoms with E-state index in [1.54, 1.807) is 15.9 Å². The van der Waals surface area contributed by atoms with Crippen LogP contribution in [0.3, 0.4) is 0 Å². The summed E-state index contributed by atoms with van der Waals surface area (Å²) in [5.74, 6) is -1.78. The van der Waals surface area contributed by atoms with Gasteiger partial charge in [-0.25, -0.2) is 0 Å². The summed E-state index contributed by atoms with van der Waals surface area (Å²) in [6, 6.07) is 0. The normalized spacial score (nSPS) is 12.4. The maximum atomic E-state index is 12.9. The van der Waals surface area contributed by atoms with E-state index in [4.69, 9.17) is 19.7 Å². The molecule has 0 aromatic rings. The van der Waals surface area contributed by atoms with Crippen LogP contribution in [0.5, 0.6) is 0 Å². The number of hydrogen-bond acceptors (Lipinski definition) is 10. The SMILES string of the molecule is CCCCCCCCCCCCCCCCC=CC(CC(=O)OCCN(CCO)CCO)C(=O)OCCN(CCO)CCO. The van der Waals surface area contributed by atoms with Gasteiger partial charge in [-0.15, -0.1) is 0 Å². The van der Waals surface area contributed by atoms with Gasteiger partial charge in [0.25, 0.3) is 0 Å². The second kappa shape index (κ2) is 32.8. The monoisotopic (exact) mass is 630 g/mol. The minimum atomic E-state index is -0.760. The Morgan fingerprint density at radius 1 is 0.591 bits per heavy atom. The zero-order valence-corrected chi connectivity index (χ0v) is 27.8. The van der Waals surface area contributed by atoms with Gasteiger partial charge in [-0.1, -0.05) is 103 Å². The Hall–Kier alpha value is -1.56. The lowest BCUT2D eigenvalue weighted by atomic mass is 10.0. The maximum absolute atomic E-state index is 12.9. The van der Waals surface area contributed by atoms with E-state index >= 15 is 0 Å². The van der Waals surface area contributed by atoms with Crippen LogP contribution in [0.25, 0.3) is 0 Å². The molecule has 0 aliphatic heterocycles. The Balaban J connectivity index is 4.50. The standard InChI is InChI=1S/C34H66N2O8/c1-2-3-4-5-6-7-8-9-10-11-12-13-14-15-16-17-18-32(34(42)44-30-24-36(21-27-39)22-28-40)31-33(41)43-29-23-35(19-25-37)20-26-38/h17-18,32,37-40H,2-16,19-31H2,1H3. The largest absolute Gasteiger partial charge is 0.464 e. The number of rotatable bonds is 33. The van der Waals surface area contributed by atoms with Crippen LogP contribution in [-0.2, 0) is 19.1 Å². The highest BCUT2D eigenvalue weighted by atomic mass is 16.5. The third-order valence-electron chi connectivity index (χ3n) is 7.77. The van der Waals surface area contributed by atoms with Crippen LogP contribution in [0.1, 0.15) is 110 Å². The third-order valence-corrected chi connectivity index (χ3v) is 7.77. The first-order valence-corrected chi connectivity index (χ1v) is 17.4. The molecule has 0 saturated carbocycles. The summed E-state index contributed by atoms with van der Waals surface area (Å²) >= 11 is 0. The fourth-order valence-electron chi connectivity index (χ4n) is 5.09. The summed E-state index contributed by atoms with van der Waals surface area (Å²) in [6.45, 7) is 4.46. The van der Waals surface area contributed by atoms with Crippen LogP contribution in [0.2, 0.25) is 0 Å². The van der Waals surface area contributed by atoms with Crippen LogP contribution in [0.15, 0.2) is 12.2 Å². The number of nitrogens with zero attached hydrogens (tertiary/aromatic N) is 2. The summed E-state index contributed by atoms with van der Waals surface area (Å²) in [7, 11) is 0. The highest BCUT2D eigenvalue weighted by Crippen LogP contribution is 2.15. The Bertz CT molecular complexity index is 668. The molecule has 0 heterocycles. The molecule has 0 saturated heterocycles. The van der Waals surface area contributed by atoms with E-state index in [-0.39, 0.29) is 46.1 Å². The van der Waals surface area contributed by atoms with E-state index in [9.17, 15) is 19.8 Å². The topological polar surface area (TPSA) is 140 Å². The molecule has 0 spiro atoms. The number of unbranched alkanes of at least 4 members (excludes halogenated alkanes) is 14. The molecule has 1 unspecified atom stereocenters. The molecule has 4 N–H and O–H groups in total. The number of esters is 2. The molecular formula is C34H66N2O8. The lowest BCUT2D eigenvalue weighted by Gasteiger charge is -2.21. The molecule has 260 valence electrons. The second-order valence-electron chi connectivity index (χ2n) is 11.6. The molecule has 1 atom stereocenters. The molecule has 0 aromatic heterocycles. The number of hydrogen-bond donors (Lipinski definition) is 4. The quantitative estimate of drug-likeness (QED) is 0.0476. The Labute approximate surface area is 267 Å². The molecule has 0 aliphatic carbocycles. The molecule has 0 aliphatic rings. The molecule has 0 aromatic carbocycles. The van der Waals surface area contributed by atoms with Crippen molar-refractivity contribution in [3.05, 3.63) is 12.2 Å². The number of carbonyl (C=O) groups excluding carboxylic acids is 2. The average molecular weight is 631 g/mol. The van der Waals surface area contributed by atoms with Gasteiger partial charge in [-0.2, -0.15) is 0 Å². The summed E-state index contributed by atoms with van der Waals surface area (Å²) in [5, 5.41) is 36.6. The summed E-state index contributed by atoms with van der Waals surface area (Å²) < 4.78 is 10.8. The fraction of sp³-hybridized carbons (Fsp3) is 0.882. The fourth-order valence-corrected chi connectivity index (χ4v) is 5.09. The summed E-state index contributed by atoms with van der Waals surface area (Å²) in [5.41, 5.74) is 0. The molecule has 0 rings (SSSR count). The lowest BCUT2D eigenvalue weighted by Crippen LogP contribution is -2.34. The maximum Gasteiger partial charge on any atom is 0.313 e. The van der Waals surface area contributed by atoms with Crippen LogP contribution in [0, 0.1) is 5.92 Å². The van der Waals surface area contributed by atoms with E-state index in [0.717, 1.165) is 19.3 Å². The van der Waals surface area contributed by atoms with Crippen LogP contribution >= 0.6 is 0 Å². The van der Waals surface area contributed by atoms with Crippen molar-refractivity contribution in [2.24, 2.45) is 5.92 Å². The number of allylic oxidation sites excluding steroid dienone is 1. The van der Waals surface area contributed by atoms with Crippen molar-refractivity contribution in [1.82, 2.24) is 9.80 Å². The average Bonchev–Trinajstić information content (AvgIpc) is 3.00. The van der Waals surface area contributed by atoms with Crippen molar-refractivity contribution in [2.45, 2.75) is 110 Å². The molecule has 10 nitrogen and oxygen atoms in total. The van der Waals surface area contributed by atoms with Crippen LogP contribution in [0.4, 0.5) is 0 Å². The van der Waals surface area contributed by atoms with Crippen molar-refractivity contribution >= 4 is 11.9 Å². The predicted octanol–water partition coefficient (Wildman–Crippen LogP) is 4.08. The molecule has 0 bridgehead atoms. The first kappa shape index (κ1) is 42.4. The van der Waals surface area contributed by atoms with Gasteiger partial charge in [-0.05, 0) is 12.8 Å². The Morgan fingerprint density at radius 3 is 1.43 bits per heavy atom. The molecule has 0 amide bonds. The van der Waals surface area contributed by atoms with Gasteiger partial charge in [0.1, 0.15) is 13.2 Å². The van der Waals surface area contributed by atoms with Crippen molar-refractivity contribution in [1.29, 1.82) is 0 Å². The van der Waals surface area contributed by atoms with E-state index < -0.39 is 17.9 Å². The van der Waals surface area contributed by atoms with E-state index in [1.165, 1.54) is 77.0 Å². The van der Waals surface area contributed by atoms with E-state index in [2.05, 4.69) is 6.92 Å². The third kappa shape index (κ3) is 26.8. The molecule has 0 fully saturated rings. The highest BCUT2D eigenvalue weighted by molar-refractivity contribution is 5.81. The highest BCUT2D eigenvalue weighted by Gasteiger charge is 2.22. The summed E-state index contributed by atoms with van der Waals surface area (Å²) in [6.07, 6.45) is 22.6. The van der Waals surface area contributed by atoms with Gasteiger partial charge in [0.05, 0.1) is 38.8 Å². The molecule has 44 heavy (non-hydrogen) atoms. The second-order valence-corrected chi connectivity index (χ2v) is 11.6. The number of ether oxygens (including phenoxy) is 2. The zero-order chi connectivity index (χ0) is 32.5. The van der Waals surface area contributed by atoms with Gasteiger partial charge in [0.15, 0.2) is 0 Å². The number of aliphatic hydroxyl groups excluding tert-OH is 4. The number of aliphatic hydroxyl groups is 4. The Kier molecular flexibility index (Phi) is 31.7. The van der Waals surface area contributed by atoms with Crippen molar-refractivity contribution in [3.63, 3.8) is 0 Å². The van der Waals surface area contributed by atoms with Crippen molar-refractivity contribution in [3.8, 4) is 0 Å². The van der Waals surface area contributed by atoms with Crippen LogP contribution in [-0.4, -0.2) is 121 Å². The minimum absolute atomic E-state index is 0.0556. The minimum Gasteiger partial charge on any atom is -0.464 e. The van der Waals surface area contributed by atoms with E-state index in [1.807, 2.05) is 6.08 Å². The first-order valence-electron chi connectivity index (χ1n) is 17.4.